The fourth-order valence-electron chi connectivity index (χ4n) is 10.2. The summed E-state index contributed by atoms with van der Waals surface area (Å²) in [4.78, 5) is 56.7. The van der Waals surface area contributed by atoms with E-state index >= 15 is 0 Å². The van der Waals surface area contributed by atoms with Crippen molar-refractivity contribution in [2.24, 2.45) is 5.92 Å². The van der Waals surface area contributed by atoms with Crippen LogP contribution >= 0.6 is 0 Å². The van der Waals surface area contributed by atoms with Gasteiger partial charge in [0.25, 0.3) is 11.8 Å². The van der Waals surface area contributed by atoms with Crippen molar-refractivity contribution < 1.29 is 29.0 Å². The molecule has 1 aliphatic carbocycles. The molecule has 4 aromatic carbocycles. The topological polar surface area (TPSA) is 132 Å². The van der Waals surface area contributed by atoms with E-state index in [1.165, 1.54) is 22.3 Å². The number of phenolic OH excluding ortho intramolecular Hbond substituents is 1. The van der Waals surface area contributed by atoms with Crippen molar-refractivity contribution in [2.75, 3.05) is 51.2 Å². The number of carbonyl (C=O) groups is 4. The second-order valence-corrected chi connectivity index (χ2v) is 17.1. The predicted molar refractivity (Wildman–Crippen MR) is 225 cm³/mol. The highest BCUT2D eigenvalue weighted by Gasteiger charge is 2.45. The van der Waals surface area contributed by atoms with Crippen molar-refractivity contribution in [2.45, 2.75) is 75.3 Å². The first-order valence-corrected chi connectivity index (χ1v) is 21.4. The summed E-state index contributed by atoms with van der Waals surface area (Å²) in [5.74, 6) is 0.508. The largest absolute Gasteiger partial charge is 0.508 e. The molecule has 59 heavy (non-hydrogen) atoms. The van der Waals surface area contributed by atoms with E-state index in [1.54, 1.807) is 12.1 Å². The number of ether oxygens (including phenoxy) is 1. The van der Waals surface area contributed by atoms with Crippen LogP contribution in [0.3, 0.4) is 0 Å². The summed E-state index contributed by atoms with van der Waals surface area (Å²) in [7, 11) is 0. The van der Waals surface area contributed by atoms with Crippen molar-refractivity contribution in [3.05, 3.63) is 124 Å². The Morgan fingerprint density at radius 1 is 0.746 bits per heavy atom. The van der Waals surface area contributed by atoms with Gasteiger partial charge < -0.3 is 20.1 Å². The van der Waals surface area contributed by atoms with E-state index < -0.39 is 23.8 Å². The fraction of sp³-hybridized carbons (Fsp3) is 0.417. The molecule has 0 spiro atoms. The number of nitrogens with zero attached hydrogens (tertiary/aromatic N) is 3. The molecule has 4 atom stereocenters. The summed E-state index contributed by atoms with van der Waals surface area (Å²) in [6.45, 7) is 6.76. The number of nitrogens with one attached hydrogen (secondary N) is 2. The molecule has 4 heterocycles. The van der Waals surface area contributed by atoms with E-state index in [0.717, 1.165) is 94.1 Å². The number of hydrogen-bond donors (Lipinski definition) is 3. The number of anilines is 1. The lowest BCUT2D eigenvalue weighted by molar-refractivity contribution is -0.136. The molecule has 0 radical (unpaired) electrons. The molecule has 3 saturated heterocycles. The molecule has 306 valence electrons. The molecule has 0 aromatic heterocycles. The van der Waals surface area contributed by atoms with Gasteiger partial charge >= 0.3 is 0 Å². The van der Waals surface area contributed by atoms with Crippen LogP contribution in [0.15, 0.2) is 91.0 Å². The summed E-state index contributed by atoms with van der Waals surface area (Å²) in [5, 5.41) is 16.1. The van der Waals surface area contributed by atoms with Crippen molar-refractivity contribution in [1.82, 2.24) is 20.0 Å². The minimum Gasteiger partial charge on any atom is -0.508 e. The second kappa shape index (κ2) is 17.0. The van der Waals surface area contributed by atoms with Crippen LogP contribution in [0.2, 0.25) is 0 Å². The molecular weight excluding hydrogens is 743 g/mol. The molecule has 4 aromatic rings. The molecule has 4 aliphatic heterocycles. The molecule has 11 heteroatoms. The number of piperidine rings is 3. The maximum absolute atomic E-state index is 13.3. The lowest BCUT2D eigenvalue weighted by Gasteiger charge is -2.38. The summed E-state index contributed by atoms with van der Waals surface area (Å²) in [6.07, 6.45) is 6.68. The zero-order valence-electron chi connectivity index (χ0n) is 33.5. The van der Waals surface area contributed by atoms with Gasteiger partial charge in [0.1, 0.15) is 24.1 Å². The average Bonchev–Trinajstić information content (AvgIpc) is 3.49. The standard InChI is InChI=1S/C48H53N5O6/c54-37-12-17-40-34(27-37)10-15-39(32-5-2-1-3-6-32)45(40)33-8-13-38(14-9-33)59-26-25-51-23-20-31(21-24-51)29-52-22-4-7-36(30-52)49-35-11-16-41-42(28-35)48(58)53(47(41)57)43-18-19-44(55)50-46(43)56/h1-3,5-6,8-9,11-14,16-17,27-28,31,36,39,43,45,49,54H,4,7,10,15,18-26,29-30H2,(H,50,55,56)/t36-,39+,43?,45-/m0/s1. The summed E-state index contributed by atoms with van der Waals surface area (Å²) in [5.41, 5.74) is 6.55. The summed E-state index contributed by atoms with van der Waals surface area (Å²) >= 11 is 0. The lowest BCUT2D eigenvalue weighted by atomic mass is 9.69. The number of imide groups is 2. The van der Waals surface area contributed by atoms with Crippen molar-refractivity contribution in [1.29, 1.82) is 0 Å². The number of benzene rings is 4. The highest BCUT2D eigenvalue weighted by molar-refractivity contribution is 6.23. The van der Waals surface area contributed by atoms with Gasteiger partial charge in [-0.25, -0.2) is 0 Å². The van der Waals surface area contributed by atoms with Crippen LogP contribution in [0.25, 0.3) is 0 Å². The van der Waals surface area contributed by atoms with Crippen LogP contribution in [0.1, 0.15) is 99.8 Å². The van der Waals surface area contributed by atoms with Gasteiger partial charge in [-0.2, -0.15) is 0 Å². The normalized spacial score (nSPS) is 24.1. The number of carbonyl (C=O) groups excluding carboxylic acids is 4. The molecule has 5 aliphatic rings. The Labute approximate surface area is 345 Å². The molecular formula is C48H53N5O6. The molecule has 0 saturated carbocycles. The SMILES string of the molecule is O=C1CCC(N2C(=O)c3ccc(N[C@H]4CCCN(CC5CCN(CCOc6ccc([C@@H]7c8ccc(O)cc8CC[C@@H]7c7ccccc7)cc6)CC5)C4)cc3C2=O)C(=O)N1. The first-order valence-electron chi connectivity index (χ1n) is 21.4. The van der Waals surface area contributed by atoms with Crippen LogP contribution in [-0.4, -0.2) is 101 Å². The number of rotatable bonds is 11. The van der Waals surface area contributed by atoms with Crippen LogP contribution < -0.4 is 15.4 Å². The lowest BCUT2D eigenvalue weighted by Crippen LogP contribution is -2.54. The molecule has 3 N–H and O–H groups in total. The van der Waals surface area contributed by atoms with Gasteiger partial charge in [0, 0.05) is 43.7 Å². The average molecular weight is 796 g/mol. The first-order chi connectivity index (χ1) is 28.8. The number of phenols is 1. The first kappa shape index (κ1) is 39.0. The Bertz CT molecular complexity index is 2200. The van der Waals surface area contributed by atoms with E-state index in [0.29, 0.717) is 35.3 Å². The molecule has 11 nitrogen and oxygen atoms in total. The van der Waals surface area contributed by atoms with Crippen LogP contribution in [-0.2, 0) is 16.0 Å². The van der Waals surface area contributed by atoms with Gasteiger partial charge in [0.2, 0.25) is 11.8 Å². The third-order valence-corrected chi connectivity index (χ3v) is 13.3. The van der Waals surface area contributed by atoms with E-state index in [-0.39, 0.29) is 30.7 Å². The van der Waals surface area contributed by atoms with Gasteiger partial charge in [-0.3, -0.25) is 34.3 Å². The van der Waals surface area contributed by atoms with E-state index in [9.17, 15) is 24.3 Å². The van der Waals surface area contributed by atoms with Gasteiger partial charge in [0.05, 0.1) is 11.1 Å². The number of hydrogen-bond acceptors (Lipinski definition) is 9. The maximum Gasteiger partial charge on any atom is 0.262 e. The fourth-order valence-corrected chi connectivity index (χ4v) is 10.2. The van der Waals surface area contributed by atoms with E-state index in [2.05, 4.69) is 81.1 Å². The number of amides is 4. The van der Waals surface area contributed by atoms with Crippen molar-refractivity contribution in [3.63, 3.8) is 0 Å². The molecule has 3 fully saturated rings. The highest BCUT2D eigenvalue weighted by atomic mass is 16.5. The highest BCUT2D eigenvalue weighted by Crippen LogP contribution is 2.47. The number of fused-ring (bicyclic) bond motifs is 2. The quantitative estimate of drug-likeness (QED) is 0.149. The summed E-state index contributed by atoms with van der Waals surface area (Å²) < 4.78 is 6.28. The molecule has 0 bridgehead atoms. The van der Waals surface area contributed by atoms with E-state index in [4.69, 9.17) is 4.74 Å². The molecule has 4 amide bonds. The van der Waals surface area contributed by atoms with Crippen molar-refractivity contribution in [3.8, 4) is 11.5 Å². The number of aryl methyl sites for hydroxylation is 1. The van der Waals surface area contributed by atoms with Gasteiger partial charge in [-0.05, 0) is 141 Å². The summed E-state index contributed by atoms with van der Waals surface area (Å²) in [6, 6.07) is 29.8. The number of aromatic hydroxyl groups is 1. The van der Waals surface area contributed by atoms with Crippen LogP contribution in [0.5, 0.6) is 11.5 Å². The Kier molecular flexibility index (Phi) is 11.2. The molecule has 1 unspecified atom stereocenters. The van der Waals surface area contributed by atoms with Crippen LogP contribution in [0, 0.1) is 5.92 Å². The smallest absolute Gasteiger partial charge is 0.262 e. The van der Waals surface area contributed by atoms with Gasteiger partial charge in [-0.15, -0.1) is 0 Å². The zero-order chi connectivity index (χ0) is 40.5. The Hall–Kier alpha value is -5.52. The Morgan fingerprint density at radius 3 is 2.34 bits per heavy atom. The minimum absolute atomic E-state index is 0.0990. The van der Waals surface area contributed by atoms with Gasteiger partial charge in [-0.1, -0.05) is 48.5 Å². The van der Waals surface area contributed by atoms with Gasteiger partial charge in [0.15, 0.2) is 0 Å². The number of likely N-dealkylation sites (tertiary alicyclic amines) is 2. The van der Waals surface area contributed by atoms with Crippen LogP contribution in [0.4, 0.5) is 5.69 Å². The Morgan fingerprint density at radius 2 is 1.54 bits per heavy atom. The third-order valence-electron chi connectivity index (χ3n) is 13.3. The van der Waals surface area contributed by atoms with Crippen molar-refractivity contribution >= 4 is 29.3 Å². The van der Waals surface area contributed by atoms with E-state index in [1.807, 2.05) is 18.2 Å². The predicted octanol–water partition coefficient (Wildman–Crippen LogP) is 6.32. The zero-order valence-corrected chi connectivity index (χ0v) is 33.5. The Balaban J connectivity index is 0.730. The monoisotopic (exact) mass is 795 g/mol. The second-order valence-electron chi connectivity index (χ2n) is 17.1. The maximum atomic E-state index is 13.3. The minimum atomic E-state index is -0.967. The molecule has 9 rings (SSSR count). The third kappa shape index (κ3) is 8.36.